The average Bonchev–Trinajstić information content (AvgIpc) is 2.59. The van der Waals surface area contributed by atoms with Crippen molar-refractivity contribution in [2.24, 2.45) is 0 Å². The molecule has 80 valence electrons. The van der Waals surface area contributed by atoms with Crippen LogP contribution in [0.5, 0.6) is 0 Å². The van der Waals surface area contributed by atoms with Gasteiger partial charge in [0, 0.05) is 13.0 Å². The highest BCUT2D eigenvalue weighted by atomic mass is 16.5. The Morgan fingerprint density at radius 2 is 2.13 bits per heavy atom. The van der Waals surface area contributed by atoms with Crippen molar-refractivity contribution in [3.8, 4) is 0 Å². The molecular formula is C12H15NO2. The molecule has 1 N–H and O–H groups in total. The molecule has 1 fully saturated rings. The zero-order chi connectivity index (χ0) is 10.7. The first kappa shape index (κ1) is 10.2. The maximum absolute atomic E-state index is 11.4. The fourth-order valence-corrected chi connectivity index (χ4v) is 1.66. The predicted molar refractivity (Wildman–Crippen MR) is 57.3 cm³/mol. The van der Waals surface area contributed by atoms with Gasteiger partial charge in [0.05, 0.1) is 6.61 Å². The number of rotatable bonds is 3. The average molecular weight is 205 g/mol. The Hall–Kier alpha value is -1.35. The van der Waals surface area contributed by atoms with Crippen LogP contribution in [0.3, 0.4) is 0 Å². The third-order valence-corrected chi connectivity index (χ3v) is 2.81. The van der Waals surface area contributed by atoms with Gasteiger partial charge in [-0.05, 0) is 12.5 Å². The molecule has 1 aliphatic heterocycles. The lowest BCUT2D eigenvalue weighted by Crippen LogP contribution is -2.45. The number of nitrogens with one attached hydrogen (secondary N) is 1. The number of benzene rings is 1. The highest BCUT2D eigenvalue weighted by Gasteiger charge is 2.39. The van der Waals surface area contributed by atoms with E-state index in [9.17, 15) is 4.79 Å². The van der Waals surface area contributed by atoms with Crippen LogP contribution in [-0.2, 0) is 16.1 Å². The minimum atomic E-state index is -0.504. The molecule has 0 bridgehead atoms. The molecule has 15 heavy (non-hydrogen) atoms. The molecule has 1 atom stereocenters. The van der Waals surface area contributed by atoms with E-state index in [1.807, 2.05) is 37.3 Å². The molecule has 0 radical (unpaired) electrons. The van der Waals surface area contributed by atoms with Gasteiger partial charge in [-0.15, -0.1) is 0 Å². The zero-order valence-corrected chi connectivity index (χ0v) is 8.82. The van der Waals surface area contributed by atoms with E-state index in [4.69, 9.17) is 4.74 Å². The summed E-state index contributed by atoms with van der Waals surface area (Å²) < 4.78 is 4.96. The Balaban J connectivity index is 1.96. The molecule has 2 rings (SSSR count). The van der Waals surface area contributed by atoms with Gasteiger partial charge in [-0.1, -0.05) is 30.3 Å². The van der Waals surface area contributed by atoms with Crippen molar-refractivity contribution >= 4 is 5.97 Å². The van der Waals surface area contributed by atoms with Crippen molar-refractivity contribution in [3.05, 3.63) is 35.9 Å². The van der Waals surface area contributed by atoms with E-state index in [0.717, 1.165) is 6.42 Å². The molecule has 3 nitrogen and oxygen atoms in total. The standard InChI is InChI=1S/C12H15NO2/c1-12(7-8-15-11(12)14)13-9-10-5-3-2-4-6-10/h2-6,13H,7-9H2,1H3. The summed E-state index contributed by atoms with van der Waals surface area (Å²) in [4.78, 5) is 11.4. The van der Waals surface area contributed by atoms with Crippen LogP contribution in [0.4, 0.5) is 0 Å². The molecule has 1 unspecified atom stereocenters. The number of carbonyl (C=O) groups excluding carboxylic acids is 1. The van der Waals surface area contributed by atoms with E-state index < -0.39 is 5.54 Å². The van der Waals surface area contributed by atoms with Gasteiger partial charge in [-0.2, -0.15) is 0 Å². The Kier molecular flexibility index (Phi) is 2.73. The molecule has 0 saturated carbocycles. The molecule has 0 amide bonds. The topological polar surface area (TPSA) is 38.3 Å². The molecule has 1 aromatic carbocycles. The van der Waals surface area contributed by atoms with E-state index in [1.165, 1.54) is 5.56 Å². The fraction of sp³-hybridized carbons (Fsp3) is 0.417. The Morgan fingerprint density at radius 3 is 2.73 bits per heavy atom. The summed E-state index contributed by atoms with van der Waals surface area (Å²) in [6, 6.07) is 10.0. The molecule has 0 aromatic heterocycles. The lowest BCUT2D eigenvalue weighted by Gasteiger charge is -2.20. The normalized spacial score (nSPS) is 25.3. The molecule has 1 aliphatic rings. The summed E-state index contributed by atoms with van der Waals surface area (Å²) >= 11 is 0. The smallest absolute Gasteiger partial charge is 0.326 e. The van der Waals surface area contributed by atoms with Crippen molar-refractivity contribution in [1.29, 1.82) is 0 Å². The highest BCUT2D eigenvalue weighted by molar-refractivity contribution is 5.82. The van der Waals surface area contributed by atoms with Gasteiger partial charge in [-0.3, -0.25) is 10.1 Å². The summed E-state index contributed by atoms with van der Waals surface area (Å²) in [5.74, 6) is -0.140. The van der Waals surface area contributed by atoms with E-state index in [0.29, 0.717) is 13.2 Å². The molecular weight excluding hydrogens is 190 g/mol. The SMILES string of the molecule is CC1(NCc2ccccc2)CCOC1=O. The van der Waals surface area contributed by atoms with Crippen LogP contribution in [0.25, 0.3) is 0 Å². The third-order valence-electron chi connectivity index (χ3n) is 2.81. The summed E-state index contributed by atoms with van der Waals surface area (Å²) in [6.07, 6.45) is 0.749. The van der Waals surface area contributed by atoms with Gasteiger partial charge in [0.1, 0.15) is 5.54 Å². The van der Waals surface area contributed by atoms with Gasteiger partial charge < -0.3 is 4.74 Å². The number of cyclic esters (lactones) is 1. The van der Waals surface area contributed by atoms with E-state index in [1.54, 1.807) is 0 Å². The van der Waals surface area contributed by atoms with E-state index in [2.05, 4.69) is 5.32 Å². The van der Waals surface area contributed by atoms with Crippen molar-refractivity contribution in [2.45, 2.75) is 25.4 Å². The number of carbonyl (C=O) groups is 1. The first-order valence-corrected chi connectivity index (χ1v) is 5.17. The summed E-state index contributed by atoms with van der Waals surface area (Å²) in [6.45, 7) is 3.12. The molecule has 3 heteroatoms. The predicted octanol–water partition coefficient (Wildman–Crippen LogP) is 1.48. The zero-order valence-electron chi connectivity index (χ0n) is 8.82. The van der Waals surface area contributed by atoms with Crippen molar-refractivity contribution in [3.63, 3.8) is 0 Å². The lowest BCUT2D eigenvalue weighted by atomic mass is 10.0. The fourth-order valence-electron chi connectivity index (χ4n) is 1.66. The van der Waals surface area contributed by atoms with E-state index in [-0.39, 0.29) is 5.97 Å². The molecule has 0 aliphatic carbocycles. The Labute approximate surface area is 89.4 Å². The van der Waals surface area contributed by atoms with Crippen LogP contribution in [0.1, 0.15) is 18.9 Å². The largest absolute Gasteiger partial charge is 0.464 e. The minimum absolute atomic E-state index is 0.140. The number of esters is 1. The summed E-state index contributed by atoms with van der Waals surface area (Å²) in [5, 5.41) is 3.25. The minimum Gasteiger partial charge on any atom is -0.464 e. The van der Waals surface area contributed by atoms with Crippen LogP contribution >= 0.6 is 0 Å². The second-order valence-corrected chi connectivity index (χ2v) is 4.06. The van der Waals surface area contributed by atoms with Gasteiger partial charge in [-0.25, -0.2) is 0 Å². The lowest BCUT2D eigenvalue weighted by molar-refractivity contribution is -0.143. The highest BCUT2D eigenvalue weighted by Crippen LogP contribution is 2.19. The molecule has 1 aromatic rings. The Bertz CT molecular complexity index is 350. The van der Waals surface area contributed by atoms with Crippen LogP contribution in [-0.4, -0.2) is 18.1 Å². The maximum atomic E-state index is 11.4. The Morgan fingerprint density at radius 1 is 1.40 bits per heavy atom. The summed E-state index contributed by atoms with van der Waals surface area (Å²) in [7, 11) is 0. The first-order chi connectivity index (χ1) is 7.21. The van der Waals surface area contributed by atoms with Gasteiger partial charge >= 0.3 is 5.97 Å². The van der Waals surface area contributed by atoms with Crippen LogP contribution in [0.15, 0.2) is 30.3 Å². The quantitative estimate of drug-likeness (QED) is 0.760. The molecule has 0 spiro atoms. The van der Waals surface area contributed by atoms with E-state index >= 15 is 0 Å². The van der Waals surface area contributed by atoms with Crippen molar-refractivity contribution in [1.82, 2.24) is 5.32 Å². The van der Waals surface area contributed by atoms with Crippen LogP contribution in [0, 0.1) is 0 Å². The van der Waals surface area contributed by atoms with Gasteiger partial charge in [0.25, 0.3) is 0 Å². The van der Waals surface area contributed by atoms with Crippen LogP contribution in [0.2, 0.25) is 0 Å². The number of hydrogen-bond acceptors (Lipinski definition) is 3. The molecule has 1 saturated heterocycles. The maximum Gasteiger partial charge on any atom is 0.326 e. The van der Waals surface area contributed by atoms with Gasteiger partial charge in [0.2, 0.25) is 0 Å². The second-order valence-electron chi connectivity index (χ2n) is 4.06. The first-order valence-electron chi connectivity index (χ1n) is 5.17. The van der Waals surface area contributed by atoms with Gasteiger partial charge in [0.15, 0.2) is 0 Å². The third kappa shape index (κ3) is 2.18. The number of hydrogen-bond donors (Lipinski definition) is 1. The molecule has 1 heterocycles. The second kappa shape index (κ2) is 4.03. The number of ether oxygens (including phenoxy) is 1. The van der Waals surface area contributed by atoms with Crippen LogP contribution < -0.4 is 5.32 Å². The summed E-state index contributed by atoms with van der Waals surface area (Å²) in [5.41, 5.74) is 0.675. The monoisotopic (exact) mass is 205 g/mol. The van der Waals surface area contributed by atoms with Crippen molar-refractivity contribution < 1.29 is 9.53 Å². The van der Waals surface area contributed by atoms with Crippen molar-refractivity contribution in [2.75, 3.05) is 6.61 Å².